The summed E-state index contributed by atoms with van der Waals surface area (Å²) in [5.74, 6) is 1.13. The van der Waals surface area contributed by atoms with Crippen molar-refractivity contribution in [3.8, 4) is 11.8 Å². The van der Waals surface area contributed by atoms with Crippen LogP contribution in [0.15, 0.2) is 35.3 Å². The number of anilines is 1. The average molecular weight is 497 g/mol. The van der Waals surface area contributed by atoms with Crippen LogP contribution in [0.2, 0.25) is 0 Å². The second kappa shape index (κ2) is 13.0. The fraction of sp³-hybridized carbons (Fsp3) is 0.421. The number of aryl methyl sites for hydroxylation is 1. The molecule has 0 amide bonds. The lowest BCUT2D eigenvalue weighted by Gasteiger charge is -2.10. The number of nitrogens with two attached hydrogens (primary N) is 1. The molecule has 0 fully saturated rings. The number of para-hydroxylation sites is 1. The van der Waals surface area contributed by atoms with Gasteiger partial charge in [0.25, 0.3) is 0 Å². The molecule has 1 aromatic carbocycles. The molecule has 0 bridgehead atoms. The third-order valence-corrected chi connectivity index (χ3v) is 3.89. The minimum atomic E-state index is 0. The average Bonchev–Trinajstić information content (AvgIpc) is 3.01. The van der Waals surface area contributed by atoms with E-state index in [9.17, 15) is 5.26 Å². The highest BCUT2D eigenvalue weighted by Gasteiger charge is 2.16. The molecule has 0 saturated heterocycles. The largest absolute Gasteiger partial charge is 0.383 e. The highest BCUT2D eigenvalue weighted by molar-refractivity contribution is 14.0. The van der Waals surface area contributed by atoms with Crippen LogP contribution in [0.1, 0.15) is 24.6 Å². The molecule has 0 radical (unpaired) electrons. The van der Waals surface area contributed by atoms with Gasteiger partial charge in [0.15, 0.2) is 5.96 Å². The van der Waals surface area contributed by atoms with E-state index < -0.39 is 0 Å². The minimum absolute atomic E-state index is 0. The third-order valence-electron chi connectivity index (χ3n) is 3.89. The Labute approximate surface area is 183 Å². The van der Waals surface area contributed by atoms with Gasteiger partial charge in [0.2, 0.25) is 0 Å². The Morgan fingerprint density at radius 2 is 2.07 bits per heavy atom. The number of aliphatic imine (C=N–C) groups is 1. The van der Waals surface area contributed by atoms with E-state index in [1.54, 1.807) is 11.8 Å². The lowest BCUT2D eigenvalue weighted by atomic mass is 10.1. The van der Waals surface area contributed by atoms with Crippen LogP contribution in [0, 0.1) is 11.3 Å². The second-order valence-electron chi connectivity index (χ2n) is 5.85. The lowest BCUT2D eigenvalue weighted by Crippen LogP contribution is -2.39. The number of aromatic nitrogens is 2. The van der Waals surface area contributed by atoms with Gasteiger partial charge in [-0.15, -0.1) is 24.0 Å². The summed E-state index contributed by atoms with van der Waals surface area (Å²) in [6, 6.07) is 11.7. The molecule has 2 aromatic rings. The van der Waals surface area contributed by atoms with Crippen molar-refractivity contribution in [1.82, 2.24) is 20.4 Å². The Bertz CT molecular complexity index is 784. The molecular weight excluding hydrogens is 469 g/mol. The Kier molecular flexibility index (Phi) is 11.0. The number of hydrogen-bond acceptors (Lipinski definition) is 5. The first kappa shape index (κ1) is 23.7. The van der Waals surface area contributed by atoms with Crippen LogP contribution >= 0.6 is 24.0 Å². The molecule has 2 rings (SSSR count). The van der Waals surface area contributed by atoms with Gasteiger partial charge >= 0.3 is 0 Å². The number of halogens is 1. The molecule has 0 saturated carbocycles. The number of nitrogen functional groups attached to an aromatic ring is 1. The summed E-state index contributed by atoms with van der Waals surface area (Å²) in [7, 11) is 1.67. The van der Waals surface area contributed by atoms with Crippen LogP contribution in [0.5, 0.6) is 0 Å². The Morgan fingerprint density at radius 1 is 1.32 bits per heavy atom. The van der Waals surface area contributed by atoms with Gasteiger partial charge < -0.3 is 21.1 Å². The first-order chi connectivity index (χ1) is 13.2. The van der Waals surface area contributed by atoms with Gasteiger partial charge in [0.1, 0.15) is 17.5 Å². The van der Waals surface area contributed by atoms with Gasteiger partial charge in [-0.2, -0.15) is 10.4 Å². The molecule has 28 heavy (non-hydrogen) atoms. The second-order valence-corrected chi connectivity index (χ2v) is 5.85. The summed E-state index contributed by atoms with van der Waals surface area (Å²) < 4.78 is 6.65. The van der Waals surface area contributed by atoms with Gasteiger partial charge in [-0.05, 0) is 31.9 Å². The maximum atomic E-state index is 9.45. The van der Waals surface area contributed by atoms with Crippen molar-refractivity contribution in [3.63, 3.8) is 0 Å². The number of nitrogens with zero attached hydrogens (tertiary/aromatic N) is 4. The van der Waals surface area contributed by atoms with Gasteiger partial charge in [0.05, 0.1) is 18.0 Å². The smallest absolute Gasteiger partial charge is 0.191 e. The van der Waals surface area contributed by atoms with E-state index in [1.165, 1.54) is 0 Å². The van der Waals surface area contributed by atoms with Gasteiger partial charge in [-0.1, -0.05) is 18.2 Å². The number of hydrogen-bond donors (Lipinski definition) is 3. The summed E-state index contributed by atoms with van der Waals surface area (Å²) in [5, 5.41) is 20.4. The number of rotatable bonds is 9. The molecular formula is C19H28IN7O. The lowest BCUT2D eigenvalue weighted by molar-refractivity contribution is 0.203. The van der Waals surface area contributed by atoms with Crippen LogP contribution in [-0.4, -0.2) is 49.1 Å². The van der Waals surface area contributed by atoms with Gasteiger partial charge in [-0.25, -0.2) is 4.68 Å². The summed E-state index contributed by atoms with van der Waals surface area (Å²) in [4.78, 5) is 4.53. The number of ether oxygens (including phenoxy) is 1. The van der Waals surface area contributed by atoms with Crippen molar-refractivity contribution >= 4 is 35.8 Å². The molecule has 4 N–H and O–H groups in total. The maximum Gasteiger partial charge on any atom is 0.191 e. The molecule has 0 aliphatic carbocycles. The number of benzene rings is 1. The molecule has 152 valence electrons. The standard InChI is InChI=1S/C19H27N7O.HI/c1-3-22-19(24-12-13-27-2)23-11-7-10-17-16(14-20)18(21)26(25-17)15-8-5-4-6-9-15;/h4-6,8-9H,3,7,10-13,21H2,1-2H3,(H2,22,23,24);1H. The fourth-order valence-corrected chi connectivity index (χ4v) is 2.59. The predicted molar refractivity (Wildman–Crippen MR) is 122 cm³/mol. The van der Waals surface area contributed by atoms with E-state index in [2.05, 4.69) is 26.8 Å². The van der Waals surface area contributed by atoms with Crippen LogP contribution in [0.25, 0.3) is 5.69 Å². The van der Waals surface area contributed by atoms with E-state index in [-0.39, 0.29) is 24.0 Å². The van der Waals surface area contributed by atoms with Crippen molar-refractivity contribution in [3.05, 3.63) is 41.6 Å². The van der Waals surface area contributed by atoms with Crippen LogP contribution in [-0.2, 0) is 11.2 Å². The molecule has 0 atom stereocenters. The summed E-state index contributed by atoms with van der Waals surface area (Å²) in [6.45, 7) is 4.73. The minimum Gasteiger partial charge on any atom is -0.383 e. The predicted octanol–water partition coefficient (Wildman–Crippen LogP) is 2.08. The topological polar surface area (TPSA) is 113 Å². The summed E-state index contributed by atoms with van der Waals surface area (Å²) in [6.07, 6.45) is 1.40. The van der Waals surface area contributed by atoms with Gasteiger partial charge in [0, 0.05) is 26.7 Å². The Balaban J connectivity index is 0.00000392. The van der Waals surface area contributed by atoms with E-state index >= 15 is 0 Å². The van der Waals surface area contributed by atoms with Crippen molar-refractivity contribution < 1.29 is 4.74 Å². The molecule has 8 nitrogen and oxygen atoms in total. The number of guanidine groups is 1. The van der Waals surface area contributed by atoms with Crippen molar-refractivity contribution in [2.24, 2.45) is 4.99 Å². The zero-order valence-corrected chi connectivity index (χ0v) is 18.6. The Hall–Kier alpha value is -2.32. The van der Waals surface area contributed by atoms with E-state index in [0.29, 0.717) is 43.2 Å². The zero-order chi connectivity index (χ0) is 19.5. The first-order valence-electron chi connectivity index (χ1n) is 9.05. The highest BCUT2D eigenvalue weighted by atomic mass is 127. The molecule has 9 heteroatoms. The molecule has 0 aliphatic rings. The quantitative estimate of drug-likeness (QED) is 0.212. The number of methoxy groups -OCH3 is 1. The summed E-state index contributed by atoms with van der Waals surface area (Å²) in [5.41, 5.74) is 8.10. The molecule has 0 unspecified atom stereocenters. The summed E-state index contributed by atoms with van der Waals surface area (Å²) >= 11 is 0. The van der Waals surface area contributed by atoms with E-state index in [4.69, 9.17) is 10.5 Å². The van der Waals surface area contributed by atoms with Crippen LogP contribution in [0.3, 0.4) is 0 Å². The fourth-order valence-electron chi connectivity index (χ4n) is 2.59. The van der Waals surface area contributed by atoms with Crippen molar-refractivity contribution in [1.29, 1.82) is 5.26 Å². The molecule has 1 heterocycles. The normalized spacial score (nSPS) is 10.8. The first-order valence-corrected chi connectivity index (χ1v) is 9.05. The SMILES string of the molecule is CCNC(=NCCCc1nn(-c2ccccc2)c(N)c1C#N)NCCOC.I. The molecule has 1 aromatic heterocycles. The third kappa shape index (κ3) is 6.69. The molecule has 0 spiro atoms. The monoisotopic (exact) mass is 497 g/mol. The van der Waals surface area contributed by atoms with Crippen LogP contribution in [0.4, 0.5) is 5.82 Å². The zero-order valence-electron chi connectivity index (χ0n) is 16.3. The number of nitrogens with one attached hydrogen (secondary N) is 2. The van der Waals surface area contributed by atoms with E-state index in [1.807, 2.05) is 37.3 Å². The maximum absolute atomic E-state index is 9.45. The highest BCUT2D eigenvalue weighted by Crippen LogP contribution is 2.21. The number of nitriles is 1. The Morgan fingerprint density at radius 3 is 2.71 bits per heavy atom. The van der Waals surface area contributed by atoms with Crippen LogP contribution < -0.4 is 16.4 Å². The van der Waals surface area contributed by atoms with E-state index in [0.717, 1.165) is 24.6 Å². The molecule has 0 aliphatic heterocycles. The van der Waals surface area contributed by atoms with Crippen molar-refractivity contribution in [2.75, 3.05) is 39.1 Å². The van der Waals surface area contributed by atoms with Gasteiger partial charge in [-0.3, -0.25) is 4.99 Å². The van der Waals surface area contributed by atoms with Crippen molar-refractivity contribution in [2.45, 2.75) is 19.8 Å².